The standard InChI is InChI=1S/C24H21BrN2O/c1-24(2)12-19-22(20(28)13-24)21-16-5-3-4-6-17(16)27-23(21)18(26-19)11-14-7-9-15(25)10-8-14/h3-10,27H,11-13H2,1-2H3. The van der Waals surface area contributed by atoms with E-state index in [9.17, 15) is 4.79 Å². The summed E-state index contributed by atoms with van der Waals surface area (Å²) in [6.45, 7) is 4.31. The number of benzene rings is 2. The molecule has 0 fully saturated rings. The van der Waals surface area contributed by atoms with Gasteiger partial charge in [-0.25, -0.2) is 0 Å². The Labute approximate surface area is 172 Å². The van der Waals surface area contributed by atoms with E-state index >= 15 is 0 Å². The van der Waals surface area contributed by atoms with E-state index in [-0.39, 0.29) is 11.2 Å². The van der Waals surface area contributed by atoms with E-state index in [1.54, 1.807) is 0 Å². The molecule has 0 radical (unpaired) electrons. The van der Waals surface area contributed by atoms with Gasteiger partial charge in [0.2, 0.25) is 0 Å². The third-order valence-corrected chi connectivity index (χ3v) is 6.18. The highest BCUT2D eigenvalue weighted by molar-refractivity contribution is 9.10. The van der Waals surface area contributed by atoms with E-state index in [1.807, 2.05) is 12.1 Å². The third-order valence-electron chi connectivity index (χ3n) is 5.65. The summed E-state index contributed by atoms with van der Waals surface area (Å²) < 4.78 is 1.07. The van der Waals surface area contributed by atoms with Crippen LogP contribution in [0.25, 0.3) is 21.8 Å². The number of rotatable bonds is 2. The third kappa shape index (κ3) is 2.87. The molecular formula is C24H21BrN2O. The molecule has 4 heteroatoms. The first-order chi connectivity index (χ1) is 13.4. The minimum Gasteiger partial charge on any atom is -0.353 e. The highest BCUT2D eigenvalue weighted by atomic mass is 79.9. The van der Waals surface area contributed by atoms with Crippen LogP contribution in [0.15, 0.2) is 53.0 Å². The molecule has 3 nitrogen and oxygen atoms in total. The second-order valence-electron chi connectivity index (χ2n) is 8.54. The lowest BCUT2D eigenvalue weighted by Gasteiger charge is -2.30. The van der Waals surface area contributed by atoms with Gasteiger partial charge >= 0.3 is 0 Å². The second kappa shape index (κ2) is 6.28. The van der Waals surface area contributed by atoms with Crippen LogP contribution in [0, 0.1) is 5.41 Å². The first kappa shape index (κ1) is 17.6. The van der Waals surface area contributed by atoms with Gasteiger partial charge in [0.15, 0.2) is 5.78 Å². The van der Waals surface area contributed by atoms with Gasteiger partial charge in [-0.2, -0.15) is 0 Å². The monoisotopic (exact) mass is 432 g/mol. The number of hydrogen-bond donors (Lipinski definition) is 1. The Morgan fingerprint density at radius 2 is 1.82 bits per heavy atom. The van der Waals surface area contributed by atoms with Crippen LogP contribution in [-0.2, 0) is 12.8 Å². The van der Waals surface area contributed by atoms with Gasteiger partial charge in [0, 0.05) is 39.2 Å². The first-order valence-corrected chi connectivity index (χ1v) is 10.4. The highest BCUT2D eigenvalue weighted by Crippen LogP contribution is 2.40. The summed E-state index contributed by atoms with van der Waals surface area (Å²) >= 11 is 3.50. The lowest BCUT2D eigenvalue weighted by molar-refractivity contribution is 0.0912. The SMILES string of the molecule is CC1(C)CC(=O)c2c(nc(Cc3ccc(Br)cc3)c3[nH]c4ccccc4c23)C1. The van der Waals surface area contributed by atoms with Crippen molar-refractivity contribution in [1.82, 2.24) is 9.97 Å². The number of carbonyl (C=O) groups excluding carboxylic acids is 1. The van der Waals surface area contributed by atoms with Crippen LogP contribution < -0.4 is 0 Å². The minimum atomic E-state index is -0.0498. The molecule has 0 amide bonds. The van der Waals surface area contributed by atoms with Crippen molar-refractivity contribution in [2.75, 3.05) is 0 Å². The maximum Gasteiger partial charge on any atom is 0.165 e. The van der Waals surface area contributed by atoms with Crippen LogP contribution in [-0.4, -0.2) is 15.8 Å². The van der Waals surface area contributed by atoms with E-state index in [2.05, 4.69) is 71.2 Å². The fourth-order valence-electron chi connectivity index (χ4n) is 4.43. The number of H-pyrrole nitrogens is 1. The molecule has 0 saturated heterocycles. The van der Waals surface area contributed by atoms with E-state index in [4.69, 9.17) is 4.98 Å². The molecular weight excluding hydrogens is 412 g/mol. The molecule has 1 aliphatic rings. The number of carbonyl (C=O) groups is 1. The molecule has 4 aromatic rings. The van der Waals surface area contributed by atoms with Crippen molar-refractivity contribution in [2.45, 2.75) is 33.1 Å². The van der Waals surface area contributed by atoms with Crippen LogP contribution in [0.4, 0.5) is 0 Å². The minimum absolute atomic E-state index is 0.0498. The van der Waals surface area contributed by atoms with Gasteiger partial charge in [-0.3, -0.25) is 9.78 Å². The van der Waals surface area contributed by atoms with E-state index in [1.165, 1.54) is 5.56 Å². The summed E-state index contributed by atoms with van der Waals surface area (Å²) in [7, 11) is 0. The van der Waals surface area contributed by atoms with Crippen molar-refractivity contribution in [1.29, 1.82) is 0 Å². The quantitative estimate of drug-likeness (QED) is 0.408. The lowest BCUT2D eigenvalue weighted by atomic mass is 9.74. The molecule has 5 rings (SSSR count). The molecule has 0 aliphatic heterocycles. The van der Waals surface area contributed by atoms with Gasteiger partial charge in [-0.1, -0.05) is 60.1 Å². The largest absolute Gasteiger partial charge is 0.353 e. The second-order valence-corrected chi connectivity index (χ2v) is 9.46. The number of nitrogens with zero attached hydrogens (tertiary/aromatic N) is 1. The maximum atomic E-state index is 13.1. The number of pyridine rings is 1. The van der Waals surface area contributed by atoms with E-state index in [0.717, 1.165) is 56.1 Å². The van der Waals surface area contributed by atoms with Gasteiger partial charge in [-0.15, -0.1) is 0 Å². The number of aromatic nitrogens is 2. The zero-order chi connectivity index (χ0) is 19.5. The summed E-state index contributed by atoms with van der Waals surface area (Å²) in [5.41, 5.74) is 6.00. The Bertz CT molecular complexity index is 1240. The molecule has 140 valence electrons. The Morgan fingerprint density at radius 3 is 2.61 bits per heavy atom. The molecule has 1 N–H and O–H groups in total. The molecule has 0 saturated carbocycles. The van der Waals surface area contributed by atoms with Crippen molar-refractivity contribution >= 4 is 43.5 Å². The van der Waals surface area contributed by atoms with Crippen LogP contribution in [0.3, 0.4) is 0 Å². The molecule has 0 unspecified atom stereocenters. The Balaban J connectivity index is 1.80. The smallest absolute Gasteiger partial charge is 0.165 e. The molecule has 0 spiro atoms. The van der Waals surface area contributed by atoms with Crippen LogP contribution in [0.1, 0.15) is 47.6 Å². The fraction of sp³-hybridized carbons (Fsp3) is 0.250. The fourth-order valence-corrected chi connectivity index (χ4v) is 4.69. The van der Waals surface area contributed by atoms with Gasteiger partial charge in [0.05, 0.1) is 16.9 Å². The van der Waals surface area contributed by atoms with Crippen molar-refractivity contribution in [3.8, 4) is 0 Å². The molecule has 28 heavy (non-hydrogen) atoms. The molecule has 2 heterocycles. The summed E-state index contributed by atoms with van der Waals surface area (Å²) in [6, 6.07) is 16.6. The number of halogens is 1. The van der Waals surface area contributed by atoms with Gasteiger partial charge < -0.3 is 4.98 Å². The number of fused-ring (bicyclic) bond motifs is 5. The number of aromatic amines is 1. The van der Waals surface area contributed by atoms with Crippen LogP contribution >= 0.6 is 15.9 Å². The maximum absolute atomic E-state index is 13.1. The average Bonchev–Trinajstić information content (AvgIpc) is 3.02. The van der Waals surface area contributed by atoms with Crippen LogP contribution in [0.5, 0.6) is 0 Å². The molecule has 2 aromatic carbocycles. The molecule has 0 atom stereocenters. The van der Waals surface area contributed by atoms with Gasteiger partial charge in [0.25, 0.3) is 0 Å². The Kier molecular flexibility index (Phi) is 3.95. The zero-order valence-electron chi connectivity index (χ0n) is 16.0. The summed E-state index contributed by atoms with van der Waals surface area (Å²) in [6.07, 6.45) is 2.14. The summed E-state index contributed by atoms with van der Waals surface area (Å²) in [5, 5.41) is 2.16. The van der Waals surface area contributed by atoms with Crippen molar-refractivity contribution in [2.24, 2.45) is 5.41 Å². The normalized spacial score (nSPS) is 15.9. The van der Waals surface area contributed by atoms with Crippen molar-refractivity contribution in [3.63, 3.8) is 0 Å². The van der Waals surface area contributed by atoms with E-state index < -0.39 is 0 Å². The van der Waals surface area contributed by atoms with Crippen LogP contribution in [0.2, 0.25) is 0 Å². The predicted octanol–water partition coefficient (Wildman–Crippen LogP) is 6.22. The van der Waals surface area contributed by atoms with Gasteiger partial charge in [-0.05, 0) is 35.6 Å². The van der Waals surface area contributed by atoms with Gasteiger partial charge in [0.1, 0.15) is 0 Å². The number of Topliss-reactive ketones (excluding diaryl/α,β-unsaturated/α-hetero) is 1. The van der Waals surface area contributed by atoms with Crippen molar-refractivity contribution < 1.29 is 4.79 Å². The molecule has 1 aliphatic carbocycles. The van der Waals surface area contributed by atoms with Crippen molar-refractivity contribution in [3.05, 3.63) is 75.5 Å². The zero-order valence-corrected chi connectivity index (χ0v) is 17.6. The number of ketones is 1. The Morgan fingerprint density at radius 1 is 1.07 bits per heavy atom. The lowest BCUT2D eigenvalue weighted by Crippen LogP contribution is -2.28. The molecule has 0 bridgehead atoms. The Hall–Kier alpha value is -2.46. The predicted molar refractivity (Wildman–Crippen MR) is 117 cm³/mol. The number of nitrogens with one attached hydrogen (secondary N) is 1. The molecule has 2 aromatic heterocycles. The topological polar surface area (TPSA) is 45.8 Å². The average molecular weight is 433 g/mol. The first-order valence-electron chi connectivity index (χ1n) is 9.61. The highest BCUT2D eigenvalue weighted by Gasteiger charge is 2.34. The number of hydrogen-bond acceptors (Lipinski definition) is 2. The number of para-hydroxylation sites is 1. The summed E-state index contributed by atoms with van der Waals surface area (Å²) in [5.74, 6) is 0.212. The van der Waals surface area contributed by atoms with E-state index in [0.29, 0.717) is 6.42 Å². The summed E-state index contributed by atoms with van der Waals surface area (Å²) in [4.78, 5) is 21.7.